The minimum atomic E-state index is -4.40. The Morgan fingerprint density at radius 3 is 0.748 bits per heavy atom. The maximum atomic E-state index is 12.8. The minimum Gasteiger partial charge on any atom is -0.462 e. The summed E-state index contributed by atoms with van der Waals surface area (Å²) in [6, 6.07) is 0. The summed E-state index contributed by atoms with van der Waals surface area (Å²) in [5.74, 6) is -0.805. The summed E-state index contributed by atoms with van der Waals surface area (Å²) in [7, 11) is -4.40. The lowest BCUT2D eigenvalue weighted by atomic mass is 10.0. The monoisotopic (exact) mass is 1460 g/mol. The highest BCUT2D eigenvalue weighted by Gasteiger charge is 2.26. The topological polar surface area (TPSA) is 134 Å². The van der Waals surface area contributed by atoms with E-state index in [9.17, 15) is 19.0 Å². The van der Waals surface area contributed by atoms with E-state index in [1.165, 1.54) is 295 Å². The first-order valence-corrected chi connectivity index (χ1v) is 45.5. The fraction of sp³-hybridized carbons (Fsp3) is 0.763. The van der Waals surface area contributed by atoms with E-state index in [0.717, 1.165) is 96.3 Å². The van der Waals surface area contributed by atoms with Crippen LogP contribution in [-0.4, -0.2) is 49.3 Å². The van der Waals surface area contributed by atoms with Crippen molar-refractivity contribution in [2.75, 3.05) is 26.4 Å². The van der Waals surface area contributed by atoms with Crippen molar-refractivity contribution in [3.8, 4) is 0 Å². The number of hydrogen-bond donors (Lipinski definition) is 2. The predicted molar refractivity (Wildman–Crippen MR) is 450 cm³/mol. The van der Waals surface area contributed by atoms with Gasteiger partial charge in [-0.3, -0.25) is 18.6 Å². The summed E-state index contributed by atoms with van der Waals surface area (Å²) in [5, 5.41) is 0. The first kappa shape index (κ1) is 99.4. The van der Waals surface area contributed by atoms with Gasteiger partial charge in [-0.25, -0.2) is 4.57 Å². The Bertz CT molecular complexity index is 2120. The Balaban J connectivity index is 3.72. The normalized spacial score (nSPS) is 13.4. The number of carbonyl (C=O) groups is 2. The maximum Gasteiger partial charge on any atom is 0.472 e. The highest BCUT2D eigenvalue weighted by atomic mass is 31.2. The van der Waals surface area contributed by atoms with Crippen molar-refractivity contribution in [3.05, 3.63) is 122 Å². The summed E-state index contributed by atoms with van der Waals surface area (Å²) in [6.07, 6.45) is 124. The van der Waals surface area contributed by atoms with Gasteiger partial charge in [0.2, 0.25) is 0 Å². The number of carbonyl (C=O) groups excluding carboxylic acids is 2. The van der Waals surface area contributed by atoms with Gasteiger partial charge in [0.1, 0.15) is 6.61 Å². The van der Waals surface area contributed by atoms with E-state index >= 15 is 0 Å². The van der Waals surface area contributed by atoms with E-state index in [0.29, 0.717) is 6.42 Å². The molecule has 0 spiro atoms. The van der Waals surface area contributed by atoms with Gasteiger partial charge in [-0.15, -0.1) is 0 Å². The Morgan fingerprint density at radius 1 is 0.291 bits per heavy atom. The molecule has 0 fully saturated rings. The molecule has 0 aliphatic carbocycles. The Hall–Kier alpha value is -3.59. The number of allylic oxidation sites excluding steroid dienone is 20. The van der Waals surface area contributed by atoms with Gasteiger partial charge >= 0.3 is 19.8 Å². The van der Waals surface area contributed by atoms with Crippen molar-refractivity contribution in [2.24, 2.45) is 5.73 Å². The SMILES string of the molecule is CC/C=C\C/C=C\C/C=C\C/C=C\C/C=C\CCCCCCCCCCCCCCCCCCCCCCCCCCCC(=O)OCC(COP(=O)(O)OCCN)OC(=O)CCCCCCCCCCCCCCCCCCCCCCCCCCC/C=C\C/C=C\C/C=C\C/C=C\C/C=C\CC. The second-order valence-corrected chi connectivity index (χ2v) is 30.8. The van der Waals surface area contributed by atoms with Crippen LogP contribution in [0.1, 0.15) is 425 Å². The van der Waals surface area contributed by atoms with Gasteiger partial charge in [0.15, 0.2) is 6.10 Å². The average Bonchev–Trinajstić information content (AvgIpc) is 1.08. The lowest BCUT2D eigenvalue weighted by Crippen LogP contribution is -2.29. The third kappa shape index (κ3) is 87.2. The third-order valence-electron chi connectivity index (χ3n) is 19.3. The van der Waals surface area contributed by atoms with Crippen LogP contribution in [0, 0.1) is 0 Å². The summed E-state index contributed by atoms with van der Waals surface area (Å²) in [4.78, 5) is 35.5. The number of esters is 2. The number of phosphoric ester groups is 1. The smallest absolute Gasteiger partial charge is 0.462 e. The molecule has 2 unspecified atom stereocenters. The van der Waals surface area contributed by atoms with Crippen molar-refractivity contribution >= 4 is 19.8 Å². The largest absolute Gasteiger partial charge is 0.472 e. The van der Waals surface area contributed by atoms with Crippen LogP contribution in [-0.2, 0) is 32.7 Å². The summed E-state index contributed by atoms with van der Waals surface area (Å²) < 4.78 is 33.3. The molecule has 10 heteroatoms. The Labute approximate surface area is 638 Å². The Kier molecular flexibility index (Phi) is 84.3. The van der Waals surface area contributed by atoms with Crippen LogP contribution in [0.5, 0.6) is 0 Å². The van der Waals surface area contributed by atoms with Gasteiger partial charge in [0, 0.05) is 19.4 Å². The first-order chi connectivity index (χ1) is 50.8. The van der Waals surface area contributed by atoms with Crippen LogP contribution in [0.4, 0.5) is 0 Å². The summed E-state index contributed by atoms with van der Waals surface area (Å²) in [5.41, 5.74) is 5.43. The maximum absolute atomic E-state index is 12.8. The van der Waals surface area contributed by atoms with Gasteiger partial charge in [-0.2, -0.15) is 0 Å². The molecule has 103 heavy (non-hydrogen) atoms. The second-order valence-electron chi connectivity index (χ2n) is 29.4. The fourth-order valence-corrected chi connectivity index (χ4v) is 13.7. The molecule has 0 rings (SSSR count). The number of nitrogens with two attached hydrogens (primary N) is 1. The third-order valence-corrected chi connectivity index (χ3v) is 20.3. The second kappa shape index (κ2) is 87.3. The first-order valence-electron chi connectivity index (χ1n) is 44.0. The van der Waals surface area contributed by atoms with Crippen molar-refractivity contribution in [1.29, 1.82) is 0 Å². The van der Waals surface area contributed by atoms with E-state index in [1.807, 2.05) is 0 Å². The van der Waals surface area contributed by atoms with Crippen molar-refractivity contribution in [1.82, 2.24) is 0 Å². The van der Waals surface area contributed by atoms with E-state index in [2.05, 4.69) is 135 Å². The predicted octanol–water partition coefficient (Wildman–Crippen LogP) is 30.1. The van der Waals surface area contributed by atoms with Crippen LogP contribution in [0.3, 0.4) is 0 Å². The highest BCUT2D eigenvalue weighted by molar-refractivity contribution is 7.47. The molecule has 0 aliphatic heterocycles. The van der Waals surface area contributed by atoms with E-state index in [1.54, 1.807) is 0 Å². The standard InChI is InChI=1S/C93H166NO8P/c1-3-5-7-9-11-13-15-17-19-21-23-25-27-29-31-33-35-37-39-41-43-45-47-49-51-53-55-57-59-61-63-65-67-69-71-73-75-77-79-81-83-85-92(95)99-89-91(90-101-103(97,98)100-88-87-94)102-93(96)86-84-82-80-78-76-74-72-70-68-66-64-62-60-58-56-54-52-50-48-46-44-42-40-38-36-34-32-30-28-26-24-22-20-18-16-14-12-10-8-6-4-2/h5-8,11-14,17-20,23-26,29-32,91H,3-4,9-10,15-16,21-22,27-28,33-90,94H2,1-2H3,(H,97,98)/b7-5-,8-6-,13-11-,14-12-,19-17-,20-18-,25-23-,26-24-,31-29-,32-30-. The highest BCUT2D eigenvalue weighted by Crippen LogP contribution is 2.43. The molecule has 9 nitrogen and oxygen atoms in total. The van der Waals surface area contributed by atoms with Crippen LogP contribution in [0.25, 0.3) is 0 Å². The quantitative estimate of drug-likeness (QED) is 0.0264. The number of ether oxygens (including phenoxy) is 2. The molecule has 3 N–H and O–H groups in total. The lowest BCUT2D eigenvalue weighted by molar-refractivity contribution is -0.161. The van der Waals surface area contributed by atoms with E-state index < -0.39 is 26.5 Å². The molecular weight excluding hydrogens is 1290 g/mol. The molecule has 0 amide bonds. The average molecular weight is 1460 g/mol. The lowest BCUT2D eigenvalue weighted by Gasteiger charge is -2.19. The van der Waals surface area contributed by atoms with Crippen LogP contribution < -0.4 is 5.73 Å². The van der Waals surface area contributed by atoms with Crippen LogP contribution >= 0.6 is 7.82 Å². The molecule has 0 bridgehead atoms. The zero-order valence-corrected chi connectivity index (χ0v) is 68.4. The van der Waals surface area contributed by atoms with E-state index in [4.69, 9.17) is 24.3 Å². The van der Waals surface area contributed by atoms with Crippen molar-refractivity contribution in [2.45, 2.75) is 431 Å². The van der Waals surface area contributed by atoms with Gasteiger partial charge in [-0.05, 0) is 103 Å². The van der Waals surface area contributed by atoms with Gasteiger partial charge in [0.05, 0.1) is 13.2 Å². The molecule has 0 aromatic carbocycles. The van der Waals surface area contributed by atoms with Crippen molar-refractivity contribution < 1.29 is 37.6 Å². The zero-order valence-electron chi connectivity index (χ0n) is 67.5. The number of rotatable bonds is 83. The number of unbranched alkanes of at least 4 members (excludes halogenated alkanes) is 50. The molecule has 0 saturated carbocycles. The molecule has 0 saturated heterocycles. The summed E-state index contributed by atoms with van der Waals surface area (Å²) in [6.45, 7) is 3.58. The van der Waals surface area contributed by atoms with Crippen LogP contribution in [0.2, 0.25) is 0 Å². The van der Waals surface area contributed by atoms with Gasteiger partial charge in [-0.1, -0.05) is 431 Å². The molecule has 596 valence electrons. The molecular formula is C93H166NO8P. The minimum absolute atomic E-state index is 0.0538. The van der Waals surface area contributed by atoms with Crippen LogP contribution in [0.15, 0.2) is 122 Å². The summed E-state index contributed by atoms with van der Waals surface area (Å²) >= 11 is 0. The zero-order chi connectivity index (χ0) is 74.3. The number of phosphoric acid groups is 1. The fourth-order valence-electron chi connectivity index (χ4n) is 12.9. The number of hydrogen-bond acceptors (Lipinski definition) is 8. The van der Waals surface area contributed by atoms with Gasteiger partial charge < -0.3 is 20.1 Å². The molecule has 0 heterocycles. The molecule has 0 aromatic heterocycles. The van der Waals surface area contributed by atoms with E-state index in [-0.39, 0.29) is 38.6 Å². The van der Waals surface area contributed by atoms with Gasteiger partial charge in [0.25, 0.3) is 0 Å². The molecule has 0 radical (unpaired) electrons. The Morgan fingerprint density at radius 2 is 0.505 bits per heavy atom. The molecule has 2 atom stereocenters. The molecule has 0 aromatic rings. The molecule has 0 aliphatic rings. The van der Waals surface area contributed by atoms with Crippen molar-refractivity contribution in [3.63, 3.8) is 0 Å².